The molecule has 1 fully saturated rings. The van der Waals surface area contributed by atoms with Gasteiger partial charge in [0, 0.05) is 6.42 Å². The number of piperidine rings is 1. The molecule has 1 atom stereocenters. The van der Waals surface area contributed by atoms with Crippen molar-refractivity contribution in [3.05, 3.63) is 0 Å². The highest BCUT2D eigenvalue weighted by molar-refractivity contribution is 5.85. The number of carbonyl (C=O) groups is 1. The van der Waals surface area contributed by atoms with E-state index in [9.17, 15) is 13.6 Å². The molecule has 0 aliphatic carbocycles. The van der Waals surface area contributed by atoms with Crippen LogP contribution in [0.3, 0.4) is 0 Å². The fourth-order valence-corrected chi connectivity index (χ4v) is 2.14. The number of rotatable bonds is 5. The van der Waals surface area contributed by atoms with Crippen LogP contribution in [0.5, 0.6) is 0 Å². The van der Waals surface area contributed by atoms with Crippen molar-refractivity contribution >= 4 is 18.3 Å². The Morgan fingerprint density at radius 3 is 2.53 bits per heavy atom. The van der Waals surface area contributed by atoms with Crippen LogP contribution in [-0.4, -0.2) is 32.0 Å². The predicted octanol–water partition coefficient (Wildman–Crippen LogP) is 1.82. The second kappa shape index (κ2) is 8.64. The van der Waals surface area contributed by atoms with E-state index in [1.165, 1.54) is 0 Å². The number of amides is 1. The van der Waals surface area contributed by atoms with Gasteiger partial charge in [0.25, 0.3) is 6.43 Å². The SMILES string of the molecule is CC(CC(=O)NCC(F)F)C1CCNCC1.Cl. The van der Waals surface area contributed by atoms with Crippen molar-refractivity contribution < 1.29 is 13.6 Å². The summed E-state index contributed by atoms with van der Waals surface area (Å²) < 4.78 is 23.7. The first kappa shape index (κ1) is 16.6. The smallest absolute Gasteiger partial charge is 0.255 e. The van der Waals surface area contributed by atoms with E-state index < -0.39 is 13.0 Å². The maximum Gasteiger partial charge on any atom is 0.255 e. The molecule has 6 heteroatoms. The van der Waals surface area contributed by atoms with Crippen LogP contribution in [0.15, 0.2) is 0 Å². The second-order valence-electron chi connectivity index (χ2n) is 4.46. The van der Waals surface area contributed by atoms with E-state index in [1.54, 1.807) is 0 Å². The van der Waals surface area contributed by atoms with Crippen LogP contribution in [0, 0.1) is 11.8 Å². The first-order chi connectivity index (χ1) is 7.59. The van der Waals surface area contributed by atoms with Crippen LogP contribution in [0.25, 0.3) is 0 Å². The van der Waals surface area contributed by atoms with Crippen LogP contribution >= 0.6 is 12.4 Å². The van der Waals surface area contributed by atoms with Crippen LogP contribution < -0.4 is 10.6 Å². The third-order valence-corrected chi connectivity index (χ3v) is 3.15. The van der Waals surface area contributed by atoms with E-state index in [0.29, 0.717) is 12.3 Å². The average molecular weight is 271 g/mol. The van der Waals surface area contributed by atoms with Gasteiger partial charge in [-0.25, -0.2) is 8.78 Å². The van der Waals surface area contributed by atoms with Crippen LogP contribution in [0.2, 0.25) is 0 Å². The molecule has 1 unspecified atom stereocenters. The van der Waals surface area contributed by atoms with Gasteiger partial charge >= 0.3 is 0 Å². The molecule has 0 spiro atoms. The first-order valence-electron chi connectivity index (χ1n) is 5.85. The molecular formula is C11H21ClF2N2O. The molecule has 0 aromatic carbocycles. The number of carbonyl (C=O) groups excluding carboxylic acids is 1. The van der Waals surface area contributed by atoms with Crippen molar-refractivity contribution in [1.82, 2.24) is 10.6 Å². The Morgan fingerprint density at radius 2 is 2.00 bits per heavy atom. The van der Waals surface area contributed by atoms with E-state index in [4.69, 9.17) is 0 Å². The highest BCUT2D eigenvalue weighted by Crippen LogP contribution is 2.23. The Balaban J connectivity index is 0.00000256. The zero-order valence-electron chi connectivity index (χ0n) is 10.0. The summed E-state index contributed by atoms with van der Waals surface area (Å²) in [6.07, 6.45) is 0.0439. The normalized spacial score (nSPS) is 18.6. The highest BCUT2D eigenvalue weighted by atomic mass is 35.5. The number of nitrogens with one attached hydrogen (secondary N) is 2. The van der Waals surface area contributed by atoms with Crippen molar-refractivity contribution in [3.8, 4) is 0 Å². The van der Waals surface area contributed by atoms with E-state index >= 15 is 0 Å². The van der Waals surface area contributed by atoms with Crippen molar-refractivity contribution in [2.24, 2.45) is 11.8 Å². The molecule has 1 aliphatic rings. The lowest BCUT2D eigenvalue weighted by Crippen LogP contribution is -2.34. The standard InChI is InChI=1S/C11H20F2N2O.ClH/c1-8(9-2-4-14-5-3-9)6-11(16)15-7-10(12)13;/h8-10,14H,2-7H2,1H3,(H,15,16);1H. The molecule has 1 heterocycles. The van der Waals surface area contributed by atoms with Crippen LogP contribution in [0.4, 0.5) is 8.78 Å². The summed E-state index contributed by atoms with van der Waals surface area (Å²) in [5.74, 6) is 0.560. The first-order valence-corrected chi connectivity index (χ1v) is 5.85. The fraction of sp³-hybridized carbons (Fsp3) is 0.909. The van der Waals surface area contributed by atoms with Crippen molar-refractivity contribution in [2.45, 2.75) is 32.6 Å². The Kier molecular flexibility index (Phi) is 8.43. The molecule has 1 amide bonds. The number of alkyl halides is 2. The lowest BCUT2D eigenvalue weighted by Gasteiger charge is -2.27. The molecular weight excluding hydrogens is 250 g/mol. The van der Waals surface area contributed by atoms with Gasteiger partial charge in [0.1, 0.15) is 0 Å². The zero-order chi connectivity index (χ0) is 12.0. The van der Waals surface area contributed by atoms with Gasteiger partial charge in [0.2, 0.25) is 5.91 Å². The summed E-state index contributed by atoms with van der Waals surface area (Å²) in [5.41, 5.74) is 0. The largest absolute Gasteiger partial charge is 0.350 e. The van der Waals surface area contributed by atoms with Gasteiger partial charge in [-0.2, -0.15) is 0 Å². The van der Waals surface area contributed by atoms with Crippen LogP contribution in [0.1, 0.15) is 26.2 Å². The number of hydrogen-bond donors (Lipinski definition) is 2. The summed E-state index contributed by atoms with van der Waals surface area (Å²) in [4.78, 5) is 11.3. The minimum Gasteiger partial charge on any atom is -0.350 e. The third kappa shape index (κ3) is 6.78. The van der Waals surface area contributed by atoms with Gasteiger partial charge in [-0.1, -0.05) is 6.92 Å². The van der Waals surface area contributed by atoms with E-state index in [-0.39, 0.29) is 24.2 Å². The molecule has 0 aromatic rings. The van der Waals surface area contributed by atoms with Crippen LogP contribution in [-0.2, 0) is 4.79 Å². The summed E-state index contributed by atoms with van der Waals surface area (Å²) >= 11 is 0. The van der Waals surface area contributed by atoms with Gasteiger partial charge in [-0.15, -0.1) is 12.4 Å². The predicted molar refractivity (Wildman–Crippen MR) is 65.6 cm³/mol. The van der Waals surface area contributed by atoms with E-state index in [0.717, 1.165) is 25.9 Å². The minimum atomic E-state index is -2.46. The fourth-order valence-electron chi connectivity index (χ4n) is 2.14. The van der Waals surface area contributed by atoms with Gasteiger partial charge in [0.15, 0.2) is 0 Å². The van der Waals surface area contributed by atoms with Gasteiger partial charge in [-0.3, -0.25) is 4.79 Å². The molecule has 1 saturated heterocycles. The molecule has 1 rings (SSSR count). The molecule has 1 aliphatic heterocycles. The second-order valence-corrected chi connectivity index (χ2v) is 4.46. The Hall–Kier alpha value is -0.420. The van der Waals surface area contributed by atoms with E-state index in [2.05, 4.69) is 10.6 Å². The van der Waals surface area contributed by atoms with Crippen molar-refractivity contribution in [3.63, 3.8) is 0 Å². The Bertz CT molecular complexity index is 224. The van der Waals surface area contributed by atoms with Crippen molar-refractivity contribution in [2.75, 3.05) is 19.6 Å². The topological polar surface area (TPSA) is 41.1 Å². The van der Waals surface area contributed by atoms with Gasteiger partial charge in [-0.05, 0) is 37.8 Å². The molecule has 0 aromatic heterocycles. The highest BCUT2D eigenvalue weighted by Gasteiger charge is 2.22. The lowest BCUT2D eigenvalue weighted by atomic mass is 9.84. The summed E-state index contributed by atoms with van der Waals surface area (Å²) in [6.45, 7) is 3.48. The maximum atomic E-state index is 11.9. The summed E-state index contributed by atoms with van der Waals surface area (Å²) in [7, 11) is 0. The molecule has 17 heavy (non-hydrogen) atoms. The lowest BCUT2D eigenvalue weighted by molar-refractivity contribution is -0.123. The van der Waals surface area contributed by atoms with E-state index in [1.807, 2.05) is 6.92 Å². The number of hydrogen-bond acceptors (Lipinski definition) is 2. The van der Waals surface area contributed by atoms with Gasteiger partial charge < -0.3 is 10.6 Å². The molecule has 2 N–H and O–H groups in total. The maximum absolute atomic E-state index is 11.9. The summed E-state index contributed by atoms with van der Waals surface area (Å²) in [6, 6.07) is 0. The minimum absolute atomic E-state index is 0. The monoisotopic (exact) mass is 270 g/mol. The number of halogens is 3. The third-order valence-electron chi connectivity index (χ3n) is 3.15. The van der Waals surface area contributed by atoms with Gasteiger partial charge in [0.05, 0.1) is 6.54 Å². The molecule has 0 radical (unpaired) electrons. The Labute approximate surface area is 107 Å². The molecule has 102 valence electrons. The summed E-state index contributed by atoms with van der Waals surface area (Å²) in [5, 5.41) is 5.51. The molecule has 0 bridgehead atoms. The average Bonchev–Trinajstić information content (AvgIpc) is 2.27. The van der Waals surface area contributed by atoms with Crippen molar-refractivity contribution in [1.29, 1.82) is 0 Å². The Morgan fingerprint density at radius 1 is 1.41 bits per heavy atom. The zero-order valence-corrected chi connectivity index (χ0v) is 10.9. The molecule has 3 nitrogen and oxygen atoms in total. The quantitative estimate of drug-likeness (QED) is 0.800. The molecule has 0 saturated carbocycles.